The SMILES string of the molecule is CNC(=O)Oc1ccc2c(c1)C1(C)CCN(C)C1N2C.O=C(O)C(O)C(O)C(=O)O. The minimum absolute atomic E-state index is 0.0981. The number of rotatable bonds is 4. The second-order valence-corrected chi connectivity index (χ2v) is 7.52. The van der Waals surface area contributed by atoms with Gasteiger partial charge < -0.3 is 35.4 Å². The van der Waals surface area contributed by atoms with Gasteiger partial charge in [-0.2, -0.15) is 0 Å². The number of aliphatic hydroxyl groups is 2. The zero-order valence-corrected chi connectivity index (χ0v) is 17.2. The van der Waals surface area contributed by atoms with Gasteiger partial charge in [0.2, 0.25) is 0 Å². The van der Waals surface area contributed by atoms with Crippen LogP contribution < -0.4 is 15.0 Å². The van der Waals surface area contributed by atoms with Crippen LogP contribution in [0.4, 0.5) is 10.5 Å². The lowest BCUT2D eigenvalue weighted by molar-refractivity contribution is -0.165. The van der Waals surface area contributed by atoms with Crippen LogP contribution in [-0.4, -0.2) is 89.4 Å². The molecule has 3 rings (SSSR count). The van der Waals surface area contributed by atoms with Gasteiger partial charge in [0.25, 0.3) is 0 Å². The summed E-state index contributed by atoms with van der Waals surface area (Å²) in [4.78, 5) is 35.6. The topological polar surface area (TPSA) is 160 Å². The molecule has 0 aliphatic carbocycles. The Kier molecular flexibility index (Phi) is 6.91. The van der Waals surface area contributed by atoms with Gasteiger partial charge in [-0.25, -0.2) is 14.4 Å². The number of benzene rings is 1. The van der Waals surface area contributed by atoms with E-state index < -0.39 is 30.2 Å². The lowest BCUT2D eigenvalue weighted by atomic mass is 9.81. The summed E-state index contributed by atoms with van der Waals surface area (Å²) >= 11 is 0. The quantitative estimate of drug-likeness (QED) is 0.431. The minimum Gasteiger partial charge on any atom is -0.479 e. The highest BCUT2D eigenvalue weighted by Gasteiger charge is 2.52. The molecule has 1 saturated heterocycles. The van der Waals surface area contributed by atoms with E-state index >= 15 is 0 Å². The van der Waals surface area contributed by atoms with Gasteiger partial charge in [-0.15, -0.1) is 0 Å². The Morgan fingerprint density at radius 2 is 1.73 bits per heavy atom. The molecule has 0 bridgehead atoms. The number of aliphatic hydroxyl groups excluding tert-OH is 2. The Bertz CT molecular complexity index is 814. The number of likely N-dealkylation sites (N-methyl/N-ethyl adjacent to an activating group) is 2. The zero-order valence-electron chi connectivity index (χ0n) is 17.2. The predicted octanol–water partition coefficient (Wildman–Crippen LogP) is -0.349. The van der Waals surface area contributed by atoms with Crippen molar-refractivity contribution in [3.63, 3.8) is 0 Å². The number of hydrogen-bond acceptors (Lipinski definition) is 8. The van der Waals surface area contributed by atoms with Crippen LogP contribution in [0.25, 0.3) is 0 Å². The summed E-state index contributed by atoms with van der Waals surface area (Å²) in [6, 6.07) is 5.92. The Morgan fingerprint density at radius 1 is 1.17 bits per heavy atom. The summed E-state index contributed by atoms with van der Waals surface area (Å²) in [5.41, 5.74) is 2.60. The number of carboxylic acid groups (broad SMARTS) is 2. The van der Waals surface area contributed by atoms with Crippen molar-refractivity contribution in [2.24, 2.45) is 0 Å². The van der Waals surface area contributed by atoms with Crippen LogP contribution in [-0.2, 0) is 15.0 Å². The first-order valence-electron chi connectivity index (χ1n) is 9.23. The summed E-state index contributed by atoms with van der Waals surface area (Å²) < 4.78 is 5.26. The average molecular weight is 425 g/mol. The summed E-state index contributed by atoms with van der Waals surface area (Å²) in [6.07, 6.45) is -3.46. The maximum atomic E-state index is 11.4. The average Bonchev–Trinajstić information content (AvgIpc) is 3.12. The highest BCUT2D eigenvalue weighted by atomic mass is 16.6. The molecule has 30 heavy (non-hydrogen) atoms. The van der Waals surface area contributed by atoms with E-state index in [-0.39, 0.29) is 5.41 Å². The van der Waals surface area contributed by atoms with E-state index in [2.05, 4.69) is 36.1 Å². The van der Waals surface area contributed by atoms with Gasteiger partial charge in [-0.1, -0.05) is 6.92 Å². The Hall–Kier alpha value is -2.89. The highest BCUT2D eigenvalue weighted by Crippen LogP contribution is 2.51. The number of amides is 1. The molecule has 1 fully saturated rings. The van der Waals surface area contributed by atoms with Crippen molar-refractivity contribution in [1.29, 1.82) is 0 Å². The zero-order chi connectivity index (χ0) is 22.8. The number of carboxylic acids is 2. The monoisotopic (exact) mass is 425 g/mol. The standard InChI is InChI=1S/C15H21N3O2.C4H6O6/c1-15-7-8-17(3)13(15)18(4)12-6-5-10(9-11(12)15)20-14(19)16-2;5-1(3(7)8)2(6)4(9)10/h5-6,9,13H,7-8H2,1-4H3,(H,16,19);1-2,5-6H,(H,7,8)(H,9,10). The fourth-order valence-corrected chi connectivity index (χ4v) is 4.05. The second kappa shape index (κ2) is 8.86. The molecule has 0 aromatic heterocycles. The van der Waals surface area contributed by atoms with Crippen molar-refractivity contribution >= 4 is 23.7 Å². The number of carbonyl (C=O) groups excluding carboxylic acids is 1. The molecule has 2 heterocycles. The second-order valence-electron chi connectivity index (χ2n) is 7.52. The molecule has 2 aliphatic heterocycles. The molecule has 1 amide bonds. The first kappa shape index (κ1) is 23.4. The predicted molar refractivity (Wildman–Crippen MR) is 106 cm³/mol. The van der Waals surface area contributed by atoms with Gasteiger partial charge in [0.05, 0.1) is 6.17 Å². The summed E-state index contributed by atoms with van der Waals surface area (Å²) in [5.74, 6) is -2.93. The molecule has 11 nitrogen and oxygen atoms in total. The van der Waals surface area contributed by atoms with Gasteiger partial charge >= 0.3 is 18.0 Å². The minimum atomic E-state index is -2.27. The third-order valence-electron chi connectivity index (χ3n) is 5.52. The number of ether oxygens (including phenoxy) is 1. The van der Waals surface area contributed by atoms with Crippen LogP contribution >= 0.6 is 0 Å². The first-order valence-corrected chi connectivity index (χ1v) is 9.23. The first-order chi connectivity index (χ1) is 13.9. The maximum Gasteiger partial charge on any atom is 0.412 e. The van der Waals surface area contributed by atoms with E-state index in [9.17, 15) is 14.4 Å². The number of fused-ring (bicyclic) bond motifs is 3. The Balaban J connectivity index is 0.000000274. The number of hydrogen-bond donors (Lipinski definition) is 5. The third-order valence-corrected chi connectivity index (χ3v) is 5.52. The lowest BCUT2D eigenvalue weighted by Gasteiger charge is -2.32. The molecule has 1 aromatic rings. The molecule has 0 radical (unpaired) electrons. The lowest BCUT2D eigenvalue weighted by Crippen LogP contribution is -2.45. The number of aliphatic carboxylic acids is 2. The largest absolute Gasteiger partial charge is 0.479 e. The number of likely N-dealkylation sites (tertiary alicyclic amines) is 1. The molecular formula is C19H27N3O8. The smallest absolute Gasteiger partial charge is 0.412 e. The highest BCUT2D eigenvalue weighted by molar-refractivity contribution is 5.83. The van der Waals surface area contributed by atoms with Crippen molar-refractivity contribution in [3.05, 3.63) is 23.8 Å². The molecule has 5 N–H and O–H groups in total. The maximum absolute atomic E-state index is 11.4. The molecule has 0 spiro atoms. The number of nitrogens with zero attached hydrogens (tertiary/aromatic N) is 2. The Labute approximate surface area is 173 Å². The van der Waals surface area contributed by atoms with Crippen molar-refractivity contribution < 1.29 is 39.5 Å². The molecule has 166 valence electrons. The summed E-state index contributed by atoms with van der Waals surface area (Å²) in [5, 5.41) is 35.0. The van der Waals surface area contributed by atoms with E-state index in [4.69, 9.17) is 25.2 Å². The molecule has 4 atom stereocenters. The van der Waals surface area contributed by atoms with Crippen LogP contribution in [0.1, 0.15) is 18.9 Å². The molecule has 0 saturated carbocycles. The molecule has 11 heteroatoms. The van der Waals surface area contributed by atoms with E-state index in [1.54, 1.807) is 7.05 Å². The van der Waals surface area contributed by atoms with Gasteiger partial charge in [0, 0.05) is 31.7 Å². The normalized spacial score (nSPS) is 24.1. The molecule has 1 aromatic carbocycles. The van der Waals surface area contributed by atoms with E-state index in [1.165, 1.54) is 11.3 Å². The van der Waals surface area contributed by atoms with Gasteiger partial charge in [-0.3, -0.25) is 4.90 Å². The fraction of sp³-hybridized carbons (Fsp3) is 0.526. The number of carbonyl (C=O) groups is 3. The summed E-state index contributed by atoms with van der Waals surface area (Å²) in [7, 11) is 5.86. The van der Waals surface area contributed by atoms with Crippen molar-refractivity contribution in [2.45, 2.75) is 37.1 Å². The van der Waals surface area contributed by atoms with Gasteiger partial charge in [-0.05, 0) is 37.2 Å². The van der Waals surface area contributed by atoms with Crippen LogP contribution in [0.5, 0.6) is 5.75 Å². The van der Waals surface area contributed by atoms with Gasteiger partial charge in [0.15, 0.2) is 12.2 Å². The van der Waals surface area contributed by atoms with Crippen molar-refractivity contribution in [1.82, 2.24) is 10.2 Å². The van der Waals surface area contributed by atoms with Crippen LogP contribution in [0.3, 0.4) is 0 Å². The molecule has 2 aliphatic rings. The van der Waals surface area contributed by atoms with E-state index in [1.807, 2.05) is 18.2 Å². The van der Waals surface area contributed by atoms with Crippen molar-refractivity contribution in [3.8, 4) is 5.75 Å². The Morgan fingerprint density at radius 3 is 2.23 bits per heavy atom. The van der Waals surface area contributed by atoms with Gasteiger partial charge in [0.1, 0.15) is 5.75 Å². The van der Waals surface area contributed by atoms with E-state index in [0.29, 0.717) is 11.9 Å². The van der Waals surface area contributed by atoms with Crippen molar-refractivity contribution in [2.75, 3.05) is 32.6 Å². The number of nitrogens with one attached hydrogen (secondary N) is 1. The fourth-order valence-electron chi connectivity index (χ4n) is 4.05. The summed E-state index contributed by atoms with van der Waals surface area (Å²) in [6.45, 7) is 3.39. The molecule has 4 unspecified atom stereocenters. The molecular weight excluding hydrogens is 398 g/mol. The van der Waals surface area contributed by atoms with Crippen LogP contribution in [0.2, 0.25) is 0 Å². The van der Waals surface area contributed by atoms with E-state index in [0.717, 1.165) is 13.0 Å². The number of anilines is 1. The van der Waals surface area contributed by atoms with Crippen LogP contribution in [0.15, 0.2) is 18.2 Å². The third kappa shape index (κ3) is 4.32. The van der Waals surface area contributed by atoms with Crippen LogP contribution in [0, 0.1) is 0 Å².